The van der Waals surface area contributed by atoms with Crippen molar-refractivity contribution >= 4 is 11.0 Å². The molecule has 0 bridgehead atoms. The minimum Gasteiger partial charge on any atom is -0.264 e. The summed E-state index contributed by atoms with van der Waals surface area (Å²) in [6, 6.07) is 24.6. The molecule has 1 heterocycles. The second-order valence-corrected chi connectivity index (χ2v) is 6.01. The maximum absolute atomic E-state index is 11.4. The van der Waals surface area contributed by atoms with Crippen molar-refractivity contribution in [2.75, 3.05) is 6.54 Å². The quantitative estimate of drug-likeness (QED) is 0.406. The third kappa shape index (κ3) is 2.93. The van der Waals surface area contributed by atoms with Crippen molar-refractivity contribution in [1.82, 2.24) is 15.0 Å². The van der Waals surface area contributed by atoms with Gasteiger partial charge in [-0.05, 0) is 28.8 Å². The van der Waals surface area contributed by atoms with Gasteiger partial charge in [0.05, 0.1) is 5.52 Å². The van der Waals surface area contributed by atoms with Crippen molar-refractivity contribution in [3.05, 3.63) is 94.5 Å². The molecule has 6 nitrogen and oxygen atoms in total. The van der Waals surface area contributed by atoms with Gasteiger partial charge < -0.3 is 0 Å². The van der Waals surface area contributed by atoms with Crippen molar-refractivity contribution in [2.45, 2.75) is 6.04 Å². The first-order valence-corrected chi connectivity index (χ1v) is 8.30. The van der Waals surface area contributed by atoms with Crippen LogP contribution in [0.15, 0.2) is 78.9 Å². The summed E-state index contributed by atoms with van der Waals surface area (Å²) in [6.07, 6.45) is 0. The number of rotatable bonds is 5. The second-order valence-electron chi connectivity index (χ2n) is 6.01. The van der Waals surface area contributed by atoms with E-state index in [1.807, 2.05) is 78.9 Å². The summed E-state index contributed by atoms with van der Waals surface area (Å²) in [5.74, 6) is 0. The first-order valence-electron chi connectivity index (χ1n) is 8.30. The Kier molecular flexibility index (Phi) is 4.15. The fourth-order valence-corrected chi connectivity index (χ4v) is 3.23. The predicted molar refractivity (Wildman–Crippen MR) is 99.4 cm³/mol. The van der Waals surface area contributed by atoms with Crippen LogP contribution >= 0.6 is 0 Å². The number of para-hydroxylation sites is 1. The van der Waals surface area contributed by atoms with E-state index in [4.69, 9.17) is 0 Å². The van der Waals surface area contributed by atoms with Gasteiger partial charge in [0.1, 0.15) is 11.6 Å². The second kappa shape index (κ2) is 6.76. The van der Waals surface area contributed by atoms with Gasteiger partial charge in [-0.1, -0.05) is 71.9 Å². The molecule has 1 atom stereocenters. The Labute approximate surface area is 149 Å². The number of hydrogen-bond acceptors (Lipinski definition) is 4. The molecule has 0 aliphatic carbocycles. The van der Waals surface area contributed by atoms with Gasteiger partial charge in [0.2, 0.25) is 6.54 Å². The summed E-state index contributed by atoms with van der Waals surface area (Å²) in [4.78, 5) is 11.1. The van der Waals surface area contributed by atoms with Gasteiger partial charge in [-0.2, -0.15) is 0 Å². The zero-order valence-electron chi connectivity index (χ0n) is 13.9. The molecule has 4 rings (SSSR count). The van der Waals surface area contributed by atoms with Crippen molar-refractivity contribution < 1.29 is 4.92 Å². The van der Waals surface area contributed by atoms with E-state index in [-0.39, 0.29) is 11.5 Å². The van der Waals surface area contributed by atoms with Crippen LogP contribution in [0.4, 0.5) is 0 Å². The van der Waals surface area contributed by atoms with E-state index in [1.165, 1.54) is 0 Å². The summed E-state index contributed by atoms with van der Waals surface area (Å²) in [6.45, 7) is -0.267. The molecule has 0 amide bonds. The van der Waals surface area contributed by atoms with Crippen LogP contribution in [0.1, 0.15) is 11.6 Å². The van der Waals surface area contributed by atoms with Crippen LogP contribution in [0.25, 0.3) is 22.2 Å². The number of nitro groups is 1. The lowest BCUT2D eigenvalue weighted by molar-refractivity contribution is -0.484. The molecule has 1 aromatic heterocycles. The molecule has 3 aromatic carbocycles. The highest BCUT2D eigenvalue weighted by Gasteiger charge is 2.25. The summed E-state index contributed by atoms with van der Waals surface area (Å²) < 4.78 is 1.65. The van der Waals surface area contributed by atoms with Crippen LogP contribution in [0, 0.1) is 10.1 Å². The largest absolute Gasteiger partial charge is 0.264 e. The first kappa shape index (κ1) is 16.0. The molecule has 4 aromatic rings. The molecule has 0 spiro atoms. The lowest BCUT2D eigenvalue weighted by atomic mass is 9.94. The van der Waals surface area contributed by atoms with Crippen LogP contribution in [-0.4, -0.2) is 26.5 Å². The van der Waals surface area contributed by atoms with E-state index in [1.54, 1.807) is 4.68 Å². The molecule has 26 heavy (non-hydrogen) atoms. The summed E-state index contributed by atoms with van der Waals surface area (Å²) in [5, 5.41) is 19.8. The van der Waals surface area contributed by atoms with E-state index in [0.29, 0.717) is 0 Å². The predicted octanol–water partition coefficient (Wildman–Crippen LogP) is 3.96. The van der Waals surface area contributed by atoms with E-state index in [2.05, 4.69) is 10.3 Å². The first-order chi connectivity index (χ1) is 12.7. The molecule has 0 fully saturated rings. The molecular weight excluding hydrogens is 328 g/mol. The molecule has 0 aliphatic rings. The van der Waals surface area contributed by atoms with Gasteiger partial charge in [0, 0.05) is 4.92 Å². The molecule has 6 heteroatoms. The highest BCUT2D eigenvalue weighted by molar-refractivity contribution is 5.75. The maximum Gasteiger partial charge on any atom is 0.230 e. The van der Waals surface area contributed by atoms with Crippen LogP contribution in [0.5, 0.6) is 0 Å². The van der Waals surface area contributed by atoms with Gasteiger partial charge in [0.25, 0.3) is 0 Å². The third-order valence-corrected chi connectivity index (χ3v) is 4.40. The number of benzene rings is 3. The highest BCUT2D eigenvalue weighted by Crippen LogP contribution is 2.31. The lowest BCUT2D eigenvalue weighted by Gasteiger charge is -2.18. The molecule has 0 aliphatic heterocycles. The van der Waals surface area contributed by atoms with Crippen LogP contribution < -0.4 is 0 Å². The molecule has 0 radical (unpaired) electrons. The number of aromatic nitrogens is 3. The summed E-state index contributed by atoms with van der Waals surface area (Å²) in [5.41, 5.74) is 4.33. The average molecular weight is 344 g/mol. The highest BCUT2D eigenvalue weighted by atomic mass is 16.6. The molecule has 0 N–H and O–H groups in total. The lowest BCUT2D eigenvalue weighted by Crippen LogP contribution is -2.22. The van der Waals surface area contributed by atoms with E-state index >= 15 is 0 Å². The number of hydrogen-bond donors (Lipinski definition) is 0. The van der Waals surface area contributed by atoms with Crippen molar-refractivity contribution in [3.8, 4) is 11.1 Å². The molecule has 128 valence electrons. The maximum atomic E-state index is 11.4. The standard InChI is InChI=1S/C20H16N4O2/c25-23(26)14-20(24-19-13-7-6-12-18(19)21-22-24)17-11-5-4-10-16(17)15-8-2-1-3-9-15/h1-13,20H,14H2/t20-/m0/s1. The van der Waals surface area contributed by atoms with Crippen molar-refractivity contribution in [3.63, 3.8) is 0 Å². The smallest absolute Gasteiger partial charge is 0.230 e. The summed E-state index contributed by atoms with van der Waals surface area (Å²) in [7, 11) is 0. The molecule has 0 saturated heterocycles. The fourth-order valence-electron chi connectivity index (χ4n) is 3.23. The monoisotopic (exact) mass is 344 g/mol. The van der Waals surface area contributed by atoms with Crippen LogP contribution in [-0.2, 0) is 0 Å². The average Bonchev–Trinajstić information content (AvgIpc) is 3.11. The molecule has 0 saturated carbocycles. The Hall–Kier alpha value is -3.54. The number of fused-ring (bicyclic) bond motifs is 1. The van der Waals surface area contributed by atoms with Crippen molar-refractivity contribution in [1.29, 1.82) is 0 Å². The zero-order chi connectivity index (χ0) is 17.9. The topological polar surface area (TPSA) is 73.8 Å². The van der Waals surface area contributed by atoms with Crippen molar-refractivity contribution in [2.24, 2.45) is 0 Å². The third-order valence-electron chi connectivity index (χ3n) is 4.40. The minimum atomic E-state index is -0.547. The van der Waals surface area contributed by atoms with Gasteiger partial charge >= 0.3 is 0 Å². The Bertz CT molecular complexity index is 1060. The van der Waals surface area contributed by atoms with E-state index < -0.39 is 6.04 Å². The van der Waals surface area contributed by atoms with Gasteiger partial charge in [0.15, 0.2) is 0 Å². The summed E-state index contributed by atoms with van der Waals surface area (Å²) >= 11 is 0. The Balaban J connectivity index is 1.91. The Morgan fingerprint density at radius 2 is 1.62 bits per heavy atom. The Morgan fingerprint density at radius 1 is 0.923 bits per heavy atom. The fraction of sp³-hybridized carbons (Fsp3) is 0.100. The van der Waals surface area contributed by atoms with E-state index in [9.17, 15) is 10.1 Å². The normalized spacial score (nSPS) is 12.2. The minimum absolute atomic E-state index is 0.267. The zero-order valence-corrected chi connectivity index (χ0v) is 13.9. The SMILES string of the molecule is O=[N+]([O-])C[C@@H](c1ccccc1-c1ccccc1)n1nnc2ccccc21. The van der Waals surface area contributed by atoms with E-state index in [0.717, 1.165) is 27.7 Å². The van der Waals surface area contributed by atoms with Gasteiger partial charge in [-0.25, -0.2) is 4.68 Å². The van der Waals surface area contributed by atoms with Crippen LogP contribution in [0.3, 0.4) is 0 Å². The Morgan fingerprint density at radius 3 is 2.42 bits per heavy atom. The van der Waals surface area contributed by atoms with Crippen LogP contribution in [0.2, 0.25) is 0 Å². The van der Waals surface area contributed by atoms with Gasteiger partial charge in [-0.3, -0.25) is 10.1 Å². The van der Waals surface area contributed by atoms with Gasteiger partial charge in [-0.15, -0.1) is 5.10 Å². The molecular formula is C20H16N4O2. The number of nitrogens with zero attached hydrogens (tertiary/aromatic N) is 4. The molecule has 0 unspecified atom stereocenters.